The van der Waals surface area contributed by atoms with Gasteiger partial charge in [-0.1, -0.05) is 140 Å². The van der Waals surface area contributed by atoms with Crippen molar-refractivity contribution in [3.05, 3.63) is 103 Å². The Bertz CT molecular complexity index is 1130. The van der Waals surface area contributed by atoms with Gasteiger partial charge in [-0.2, -0.15) is 6.92 Å². The molecule has 4 N–H and O–H groups in total. The minimum atomic E-state index is 0. The first-order valence-electron chi connectivity index (χ1n) is 18.4. The maximum absolute atomic E-state index is 4.72. The second-order valence-electron chi connectivity index (χ2n) is 12.1. The molecule has 1 aliphatic carbocycles. The van der Waals surface area contributed by atoms with E-state index in [9.17, 15) is 0 Å². The van der Waals surface area contributed by atoms with Crippen LogP contribution in [0.1, 0.15) is 129 Å². The van der Waals surface area contributed by atoms with Gasteiger partial charge in [0.15, 0.2) is 0 Å². The summed E-state index contributed by atoms with van der Waals surface area (Å²) in [6.07, 6.45) is 29.4. The van der Waals surface area contributed by atoms with Crippen molar-refractivity contribution in [2.45, 2.75) is 124 Å². The fourth-order valence-corrected chi connectivity index (χ4v) is 5.76. The van der Waals surface area contributed by atoms with Crippen molar-refractivity contribution in [3.8, 4) is 0 Å². The standard InChI is InChI=1S/C38H56N4.C2H6N.C2H6.Na/c1-32(40-29-19-13-11-9-7-5-6-8-10-12-14-20-30-41-34(3)39-4)25-26-33(2)42-31-37-23-16-15-21-35(37)27-28-36-22-17-18-24-38(36)42;1-2-3;1-2;/h17-18,21-24,27-28,40-41H,1-16,19-20,25-26,29-31H2;2H,3H2,1H3;1-2H3;/q;-1;;+1/b28-27-;;;. The zero-order chi connectivity index (χ0) is 34.5. The van der Waals surface area contributed by atoms with E-state index in [0.29, 0.717) is 5.82 Å². The zero-order valence-corrected chi connectivity index (χ0v) is 33.4. The van der Waals surface area contributed by atoms with Crippen LogP contribution >= 0.6 is 0 Å². The van der Waals surface area contributed by atoms with Crippen LogP contribution in [-0.2, 0) is 0 Å². The van der Waals surface area contributed by atoms with Gasteiger partial charge in [0, 0.05) is 36.7 Å². The van der Waals surface area contributed by atoms with Crippen molar-refractivity contribution in [1.29, 1.82) is 0 Å². The van der Waals surface area contributed by atoms with Gasteiger partial charge in [-0.3, -0.25) is 6.54 Å². The molecular weight excluding hydrogens is 597 g/mol. The third-order valence-electron chi connectivity index (χ3n) is 8.39. The topological polar surface area (TPSA) is 65.7 Å². The molecule has 1 heterocycles. The molecule has 0 fully saturated rings. The van der Waals surface area contributed by atoms with Gasteiger partial charge < -0.3 is 21.3 Å². The summed E-state index contributed by atoms with van der Waals surface area (Å²) in [5, 5.41) is 6.75. The van der Waals surface area contributed by atoms with Gasteiger partial charge in [-0.05, 0) is 68.0 Å². The van der Waals surface area contributed by atoms with Crippen molar-refractivity contribution in [3.63, 3.8) is 0 Å². The van der Waals surface area contributed by atoms with Gasteiger partial charge in [-0.25, -0.2) is 4.99 Å². The molecule has 48 heavy (non-hydrogen) atoms. The first kappa shape index (κ1) is 45.7. The molecule has 0 bridgehead atoms. The number of nitrogens with two attached hydrogens (primary N) is 1. The van der Waals surface area contributed by atoms with Crippen LogP contribution in [0.25, 0.3) is 6.08 Å². The third kappa shape index (κ3) is 20.3. The molecule has 262 valence electrons. The van der Waals surface area contributed by atoms with Crippen molar-refractivity contribution in [2.75, 3.05) is 24.5 Å². The van der Waals surface area contributed by atoms with Gasteiger partial charge in [0.2, 0.25) is 0 Å². The first-order chi connectivity index (χ1) is 23.0. The van der Waals surface area contributed by atoms with Gasteiger partial charge in [-0.15, -0.1) is 0 Å². The summed E-state index contributed by atoms with van der Waals surface area (Å²) in [6, 6.07) is 8.68. The molecule has 0 unspecified atom stereocenters. The van der Waals surface area contributed by atoms with E-state index in [2.05, 4.69) is 95.5 Å². The third-order valence-corrected chi connectivity index (χ3v) is 8.39. The molecule has 6 heteroatoms. The normalized spacial score (nSPS) is 13.5. The van der Waals surface area contributed by atoms with E-state index in [1.807, 2.05) is 13.8 Å². The predicted molar refractivity (Wildman–Crippen MR) is 211 cm³/mol. The van der Waals surface area contributed by atoms with Crippen molar-refractivity contribution in [1.82, 2.24) is 10.6 Å². The van der Waals surface area contributed by atoms with Crippen LogP contribution in [0.3, 0.4) is 0 Å². The fourth-order valence-electron chi connectivity index (χ4n) is 5.76. The number of hydrogen-bond donors (Lipinski definition) is 3. The Balaban J connectivity index is 0.00000348. The van der Waals surface area contributed by atoms with Crippen LogP contribution in [0, 0.1) is 6.54 Å². The van der Waals surface area contributed by atoms with Gasteiger partial charge in [0.25, 0.3) is 0 Å². The zero-order valence-electron chi connectivity index (χ0n) is 31.4. The second kappa shape index (κ2) is 30.7. The number of nitrogens with zero attached hydrogens (tertiary/aromatic N) is 2. The summed E-state index contributed by atoms with van der Waals surface area (Å²) < 4.78 is 0. The molecule has 0 spiro atoms. The number of unbranched alkanes of at least 4 members (excludes halogenated alkanes) is 11. The van der Waals surface area contributed by atoms with Gasteiger partial charge in [0.1, 0.15) is 5.82 Å². The van der Waals surface area contributed by atoms with Crippen molar-refractivity contribution < 1.29 is 29.6 Å². The van der Waals surface area contributed by atoms with Crippen LogP contribution < -0.4 is 50.8 Å². The van der Waals surface area contributed by atoms with Crippen molar-refractivity contribution in [2.24, 2.45) is 10.7 Å². The monoisotopic (exact) mass is 666 g/mol. The summed E-state index contributed by atoms with van der Waals surface area (Å²) in [5.74, 6) is 0.687. The quantitative estimate of drug-likeness (QED) is 0.0506. The maximum Gasteiger partial charge on any atom is 1.00 e. The van der Waals surface area contributed by atoms with Crippen LogP contribution in [0.2, 0.25) is 0 Å². The van der Waals surface area contributed by atoms with E-state index in [-0.39, 0.29) is 29.6 Å². The minimum absolute atomic E-state index is 0. The van der Waals surface area contributed by atoms with Crippen LogP contribution in [0.4, 0.5) is 5.69 Å². The molecule has 0 saturated carbocycles. The molecule has 1 aromatic rings. The Labute approximate surface area is 318 Å². The number of para-hydroxylation sites is 1. The molecule has 0 radical (unpaired) electrons. The first-order valence-corrected chi connectivity index (χ1v) is 18.4. The SMILES string of the molecule is C=NC(=C)NCCCCCCCCCCCCCCNC(=C)CCC(=C)N1CC2=CCCC=C2/C=C\c2ccccc21.CC.C[CH-]N.[Na+]. The molecule has 5 nitrogen and oxygen atoms in total. The van der Waals surface area contributed by atoms with E-state index in [4.69, 9.17) is 5.73 Å². The smallest absolute Gasteiger partial charge is 0.484 e. The number of nitrogens with one attached hydrogen (secondary N) is 2. The summed E-state index contributed by atoms with van der Waals surface area (Å²) in [5.41, 5.74) is 12.3. The summed E-state index contributed by atoms with van der Waals surface area (Å²) in [7, 11) is 0. The molecular formula is C42H68N5Na. The van der Waals surface area contributed by atoms with Crippen LogP contribution in [-0.4, -0.2) is 26.4 Å². The Morgan fingerprint density at radius 3 is 1.90 bits per heavy atom. The largest absolute Gasteiger partial charge is 1.00 e. The average Bonchev–Trinajstić information content (AvgIpc) is 3.09. The Morgan fingerprint density at radius 2 is 1.31 bits per heavy atom. The Kier molecular flexibility index (Phi) is 29.2. The average molecular weight is 666 g/mol. The number of allylic oxidation sites excluding steroid dienone is 5. The van der Waals surface area contributed by atoms with E-state index in [1.165, 1.54) is 106 Å². The van der Waals surface area contributed by atoms with Crippen molar-refractivity contribution >= 4 is 18.5 Å². The van der Waals surface area contributed by atoms with Gasteiger partial charge in [0.05, 0.1) is 0 Å². The summed E-state index contributed by atoms with van der Waals surface area (Å²) in [6.45, 7) is 26.2. The summed E-state index contributed by atoms with van der Waals surface area (Å²) >= 11 is 0. The molecule has 0 saturated heterocycles. The van der Waals surface area contributed by atoms with Crippen LogP contribution in [0.5, 0.6) is 0 Å². The molecule has 0 atom stereocenters. The Morgan fingerprint density at radius 1 is 0.792 bits per heavy atom. The number of benzene rings is 1. The maximum atomic E-state index is 4.72. The molecule has 1 aliphatic heterocycles. The summed E-state index contributed by atoms with van der Waals surface area (Å²) in [4.78, 5) is 6.19. The number of anilines is 1. The second-order valence-corrected chi connectivity index (χ2v) is 12.1. The Hall–Kier alpha value is -2.31. The van der Waals surface area contributed by atoms with E-state index in [1.54, 1.807) is 6.92 Å². The molecule has 1 aromatic carbocycles. The predicted octanol–water partition coefficient (Wildman–Crippen LogP) is 8.16. The number of fused-ring (bicyclic) bond motifs is 2. The van der Waals surface area contributed by atoms with E-state index >= 15 is 0 Å². The molecule has 3 rings (SSSR count). The van der Waals surface area contributed by atoms with Gasteiger partial charge >= 0.3 is 29.6 Å². The molecule has 2 aliphatic rings. The number of aliphatic imine (C=N–C) groups is 1. The van der Waals surface area contributed by atoms with Crippen LogP contribution in [0.15, 0.2) is 95.6 Å². The van der Waals surface area contributed by atoms with E-state index in [0.717, 1.165) is 56.7 Å². The molecule has 0 amide bonds. The minimum Gasteiger partial charge on any atom is -0.484 e. The number of hydrogen-bond acceptors (Lipinski definition) is 5. The number of rotatable bonds is 22. The molecule has 0 aromatic heterocycles. The van der Waals surface area contributed by atoms with E-state index < -0.39 is 0 Å². The fraction of sp³-hybridized carbons (Fsp3) is 0.524.